The fourth-order valence-corrected chi connectivity index (χ4v) is 4.32. The summed E-state index contributed by atoms with van der Waals surface area (Å²) in [5.41, 5.74) is 1.98. The van der Waals surface area contributed by atoms with Crippen molar-refractivity contribution in [2.45, 2.75) is 59.5 Å². The van der Waals surface area contributed by atoms with Crippen molar-refractivity contribution in [2.75, 3.05) is 18.0 Å². The van der Waals surface area contributed by atoms with Crippen LogP contribution in [0.5, 0.6) is 5.88 Å². The number of carbonyl (C=O) groups is 1. The number of aromatic nitrogens is 2. The second kappa shape index (κ2) is 10.1. The largest absolute Gasteiger partial charge is 0.494 e. The zero-order chi connectivity index (χ0) is 23.4. The molecule has 1 atom stereocenters. The number of benzene rings is 1. The van der Waals surface area contributed by atoms with Crippen molar-refractivity contribution in [1.82, 2.24) is 14.6 Å². The molecule has 172 valence electrons. The Morgan fingerprint density at radius 3 is 2.47 bits per heavy atom. The topological polar surface area (TPSA) is 93.9 Å². The van der Waals surface area contributed by atoms with Gasteiger partial charge in [0.05, 0.1) is 11.8 Å². The second-order valence-electron chi connectivity index (χ2n) is 7.86. The zero-order valence-electron chi connectivity index (χ0n) is 19.1. The van der Waals surface area contributed by atoms with Crippen LogP contribution in [0.3, 0.4) is 0 Å². The maximum absolute atomic E-state index is 12.7. The number of rotatable bonds is 8. The molecule has 1 aromatic carbocycles. The van der Waals surface area contributed by atoms with Gasteiger partial charge in [0, 0.05) is 38.7 Å². The molecule has 2 aromatic rings. The summed E-state index contributed by atoms with van der Waals surface area (Å²) in [7, 11) is 0. The maximum atomic E-state index is 12.7. The average molecular weight is 458 g/mol. The number of hydrazone groups is 1. The smallest absolute Gasteiger partial charge is 0.264 e. The van der Waals surface area contributed by atoms with Gasteiger partial charge in [-0.2, -0.15) is 5.10 Å². The molecule has 0 bridgehead atoms. The van der Waals surface area contributed by atoms with Gasteiger partial charge in [0.25, 0.3) is 5.56 Å². The molecule has 1 aromatic heterocycles. The first-order valence-electron chi connectivity index (χ1n) is 11.1. The van der Waals surface area contributed by atoms with Crippen LogP contribution in [0.2, 0.25) is 0 Å². The van der Waals surface area contributed by atoms with Crippen LogP contribution in [0.1, 0.15) is 64.1 Å². The third kappa shape index (κ3) is 4.62. The number of nitrogens with one attached hydrogen (secondary N) is 1. The highest BCUT2D eigenvalue weighted by atomic mass is 32.1. The Balaban J connectivity index is 1.98. The van der Waals surface area contributed by atoms with Crippen LogP contribution >= 0.6 is 12.2 Å². The van der Waals surface area contributed by atoms with Crippen molar-refractivity contribution in [2.24, 2.45) is 5.10 Å². The molecule has 0 aliphatic carbocycles. The molecule has 9 heteroatoms. The summed E-state index contributed by atoms with van der Waals surface area (Å²) < 4.78 is 1.69. The minimum Gasteiger partial charge on any atom is -0.494 e. The van der Waals surface area contributed by atoms with E-state index in [1.165, 1.54) is 16.5 Å². The molecule has 32 heavy (non-hydrogen) atoms. The Labute approximate surface area is 193 Å². The molecule has 3 rings (SSSR count). The summed E-state index contributed by atoms with van der Waals surface area (Å²) in [6, 6.07) is 7.70. The van der Waals surface area contributed by atoms with Gasteiger partial charge in [-0.15, -0.1) is 0 Å². The highest BCUT2D eigenvalue weighted by Gasteiger charge is 2.34. The molecule has 0 unspecified atom stereocenters. The summed E-state index contributed by atoms with van der Waals surface area (Å²) in [5.74, 6) is -0.431. The molecule has 0 fully saturated rings. The molecule has 0 spiro atoms. The lowest BCUT2D eigenvalue weighted by Gasteiger charge is -2.23. The lowest BCUT2D eigenvalue weighted by Crippen LogP contribution is -2.25. The summed E-state index contributed by atoms with van der Waals surface area (Å²) in [6.07, 6.45) is 2.05. The van der Waals surface area contributed by atoms with Gasteiger partial charge in [-0.25, -0.2) is 5.01 Å². The first-order valence-corrected chi connectivity index (χ1v) is 11.5. The third-order valence-electron chi connectivity index (χ3n) is 5.84. The lowest BCUT2D eigenvalue weighted by atomic mass is 9.98. The number of anilines is 1. The molecule has 0 saturated carbocycles. The molecule has 1 amide bonds. The molecule has 2 N–H and O–H groups in total. The Morgan fingerprint density at radius 2 is 1.91 bits per heavy atom. The minimum absolute atomic E-state index is 0.0724. The van der Waals surface area contributed by atoms with Crippen molar-refractivity contribution in [3.63, 3.8) is 0 Å². The SMILES string of the molecule is CCCCn1c(O)c(C2=NN(C(C)=O)[C@H](c3ccc(N(CC)CC)cc3)C2)c(=O)[nH]c1=S. The van der Waals surface area contributed by atoms with Crippen LogP contribution in [0.15, 0.2) is 34.2 Å². The van der Waals surface area contributed by atoms with Gasteiger partial charge in [-0.05, 0) is 50.2 Å². The van der Waals surface area contributed by atoms with Crippen molar-refractivity contribution in [1.29, 1.82) is 0 Å². The standard InChI is InChI=1S/C23H31N5O3S/c1-5-8-13-27-22(31)20(21(30)24-23(27)32)18-14-19(28(25-18)15(4)29)16-9-11-17(12-10-16)26(6-2)7-3/h9-12,19,31H,5-8,13-14H2,1-4H3,(H,24,30,32)/t19-/m0/s1. The predicted molar refractivity (Wildman–Crippen MR) is 129 cm³/mol. The van der Waals surface area contributed by atoms with E-state index >= 15 is 0 Å². The van der Waals surface area contributed by atoms with Crippen LogP contribution in [0.25, 0.3) is 0 Å². The summed E-state index contributed by atoms with van der Waals surface area (Å²) in [4.78, 5) is 29.9. The third-order valence-corrected chi connectivity index (χ3v) is 6.16. The summed E-state index contributed by atoms with van der Waals surface area (Å²) in [6.45, 7) is 10.0. The molecule has 0 radical (unpaired) electrons. The summed E-state index contributed by atoms with van der Waals surface area (Å²) >= 11 is 5.23. The monoisotopic (exact) mass is 457 g/mol. The quantitative estimate of drug-likeness (QED) is 0.585. The number of hydrogen-bond acceptors (Lipinski definition) is 6. The van der Waals surface area contributed by atoms with Gasteiger partial charge in [0.15, 0.2) is 4.77 Å². The highest BCUT2D eigenvalue weighted by molar-refractivity contribution is 7.71. The van der Waals surface area contributed by atoms with Crippen LogP contribution in [-0.4, -0.2) is 44.4 Å². The van der Waals surface area contributed by atoms with Crippen molar-refractivity contribution in [3.8, 4) is 5.88 Å². The van der Waals surface area contributed by atoms with Gasteiger partial charge < -0.3 is 10.0 Å². The van der Waals surface area contributed by atoms with Gasteiger partial charge in [-0.3, -0.25) is 19.1 Å². The van der Waals surface area contributed by atoms with Crippen LogP contribution in [0.4, 0.5) is 5.69 Å². The lowest BCUT2D eigenvalue weighted by molar-refractivity contribution is -0.130. The average Bonchev–Trinajstić information content (AvgIpc) is 3.20. The van der Waals surface area contributed by atoms with Gasteiger partial charge in [-0.1, -0.05) is 25.5 Å². The van der Waals surface area contributed by atoms with E-state index in [0.717, 1.165) is 37.2 Å². The number of hydrogen-bond donors (Lipinski definition) is 2. The fraction of sp³-hybridized carbons (Fsp3) is 0.478. The van der Waals surface area contributed by atoms with Gasteiger partial charge in [0.1, 0.15) is 5.56 Å². The van der Waals surface area contributed by atoms with Crippen molar-refractivity contribution in [3.05, 3.63) is 50.5 Å². The summed E-state index contributed by atoms with van der Waals surface area (Å²) in [5, 5.41) is 16.7. The van der Waals surface area contributed by atoms with Crippen molar-refractivity contribution < 1.29 is 9.90 Å². The zero-order valence-corrected chi connectivity index (χ0v) is 19.9. The van der Waals surface area contributed by atoms with E-state index in [1.807, 2.05) is 31.2 Å². The Bertz CT molecular complexity index is 1120. The number of nitrogens with zero attached hydrogens (tertiary/aromatic N) is 4. The van der Waals surface area contributed by atoms with Gasteiger partial charge in [0.2, 0.25) is 11.8 Å². The Morgan fingerprint density at radius 1 is 1.25 bits per heavy atom. The Hall–Kier alpha value is -2.94. The molecule has 8 nitrogen and oxygen atoms in total. The van der Waals surface area contributed by atoms with E-state index in [-0.39, 0.29) is 28.2 Å². The van der Waals surface area contributed by atoms with E-state index in [9.17, 15) is 14.7 Å². The van der Waals surface area contributed by atoms with Crippen molar-refractivity contribution >= 4 is 29.5 Å². The Kier molecular flexibility index (Phi) is 7.50. The van der Waals surface area contributed by atoms with E-state index in [0.29, 0.717) is 18.7 Å². The highest BCUT2D eigenvalue weighted by Crippen LogP contribution is 2.34. The van der Waals surface area contributed by atoms with Crippen LogP contribution < -0.4 is 10.5 Å². The second-order valence-corrected chi connectivity index (χ2v) is 8.24. The number of aromatic hydroxyl groups is 1. The molecule has 0 saturated heterocycles. The molecule has 2 heterocycles. The maximum Gasteiger partial charge on any atom is 0.264 e. The molecular weight excluding hydrogens is 426 g/mol. The first-order chi connectivity index (χ1) is 15.3. The van der Waals surface area contributed by atoms with E-state index < -0.39 is 5.56 Å². The van der Waals surface area contributed by atoms with Crippen LogP contribution in [-0.2, 0) is 11.3 Å². The van der Waals surface area contributed by atoms with Crippen LogP contribution in [0, 0.1) is 4.77 Å². The number of amides is 1. The normalized spacial score (nSPS) is 15.7. The fourth-order valence-electron chi connectivity index (χ4n) is 4.05. The number of H-pyrrole nitrogens is 1. The van der Waals surface area contributed by atoms with Gasteiger partial charge >= 0.3 is 0 Å². The molecule has 1 aliphatic rings. The first kappa shape index (κ1) is 23.7. The molecular formula is C23H31N5O3S. The minimum atomic E-state index is -0.500. The molecule has 1 aliphatic heterocycles. The number of unbranched alkanes of at least 4 members (excludes halogenated alkanes) is 1. The predicted octanol–water partition coefficient (Wildman–Crippen LogP) is 3.96. The number of aromatic amines is 1. The van der Waals surface area contributed by atoms with E-state index in [2.05, 4.69) is 28.8 Å². The number of carbonyl (C=O) groups excluding carboxylic acids is 1. The van der Waals surface area contributed by atoms with E-state index in [4.69, 9.17) is 12.2 Å². The van der Waals surface area contributed by atoms with E-state index in [1.54, 1.807) is 0 Å².